The number of halogens is 1. The summed E-state index contributed by atoms with van der Waals surface area (Å²) in [5, 5.41) is 11.4. The van der Waals surface area contributed by atoms with Crippen LogP contribution in [0.3, 0.4) is 0 Å². The van der Waals surface area contributed by atoms with E-state index in [1.165, 1.54) is 4.68 Å². The number of amides is 1. The highest BCUT2D eigenvalue weighted by Crippen LogP contribution is 2.38. The Balaban J connectivity index is 0.00000208. The van der Waals surface area contributed by atoms with Gasteiger partial charge in [-0.3, -0.25) is 9.59 Å². The molecule has 130 valence electrons. The number of nitrogens with one attached hydrogen (secondary N) is 1. The minimum atomic E-state index is -0.350. The molecular formula is C16H22ClN5O2. The van der Waals surface area contributed by atoms with Crippen LogP contribution in [0.25, 0.3) is 10.9 Å². The number of carbonyl (C=O) groups is 1. The predicted octanol–water partition coefficient (Wildman–Crippen LogP) is 0.847. The van der Waals surface area contributed by atoms with E-state index in [-0.39, 0.29) is 42.4 Å². The van der Waals surface area contributed by atoms with Crippen molar-refractivity contribution in [2.24, 2.45) is 11.7 Å². The maximum absolute atomic E-state index is 12.3. The van der Waals surface area contributed by atoms with E-state index in [9.17, 15) is 9.59 Å². The van der Waals surface area contributed by atoms with Gasteiger partial charge >= 0.3 is 0 Å². The number of aryl methyl sites for hydroxylation is 1. The molecule has 1 fully saturated rings. The third kappa shape index (κ3) is 3.73. The predicted molar refractivity (Wildman–Crippen MR) is 94.0 cm³/mol. The van der Waals surface area contributed by atoms with E-state index in [0.29, 0.717) is 23.4 Å². The lowest BCUT2D eigenvalue weighted by molar-refractivity contribution is -0.123. The Labute approximate surface area is 146 Å². The number of aromatic nitrogens is 3. The minimum absolute atomic E-state index is 0. The van der Waals surface area contributed by atoms with E-state index < -0.39 is 0 Å². The fourth-order valence-corrected chi connectivity index (χ4v) is 2.80. The monoisotopic (exact) mass is 351 g/mol. The molecule has 24 heavy (non-hydrogen) atoms. The fraction of sp³-hybridized carbons (Fsp3) is 0.500. The number of nitrogens with two attached hydrogens (primary N) is 1. The lowest BCUT2D eigenvalue weighted by Gasteiger charge is -2.29. The number of rotatable bonds is 6. The SMILES string of the molecule is CC(CN)(NC(=O)CCn1nnc2ccccc2c1=O)C1CC1.Cl. The summed E-state index contributed by atoms with van der Waals surface area (Å²) in [7, 11) is 0. The summed E-state index contributed by atoms with van der Waals surface area (Å²) in [5.74, 6) is 0.339. The Morgan fingerprint density at radius 2 is 2.12 bits per heavy atom. The van der Waals surface area contributed by atoms with Gasteiger partial charge in [-0.25, -0.2) is 4.68 Å². The van der Waals surface area contributed by atoms with E-state index in [4.69, 9.17) is 5.73 Å². The number of hydrogen-bond donors (Lipinski definition) is 2. The van der Waals surface area contributed by atoms with E-state index >= 15 is 0 Å². The fourth-order valence-electron chi connectivity index (χ4n) is 2.80. The Hall–Kier alpha value is -1.99. The van der Waals surface area contributed by atoms with Gasteiger partial charge in [0.15, 0.2) is 0 Å². The molecule has 1 aromatic carbocycles. The van der Waals surface area contributed by atoms with Crippen molar-refractivity contribution < 1.29 is 4.79 Å². The molecule has 2 aromatic rings. The van der Waals surface area contributed by atoms with Crippen LogP contribution >= 0.6 is 12.4 Å². The molecule has 7 nitrogen and oxygen atoms in total. The summed E-state index contributed by atoms with van der Waals surface area (Å²) in [6.07, 6.45) is 2.38. The van der Waals surface area contributed by atoms with E-state index in [2.05, 4.69) is 15.6 Å². The van der Waals surface area contributed by atoms with Crippen molar-refractivity contribution in [3.8, 4) is 0 Å². The zero-order chi connectivity index (χ0) is 16.4. The molecule has 0 saturated heterocycles. The van der Waals surface area contributed by atoms with Crippen LogP contribution in [0.1, 0.15) is 26.2 Å². The van der Waals surface area contributed by atoms with Gasteiger partial charge in [0, 0.05) is 13.0 Å². The lowest BCUT2D eigenvalue weighted by atomic mass is 9.96. The second kappa shape index (κ2) is 7.27. The van der Waals surface area contributed by atoms with E-state index in [1.54, 1.807) is 24.3 Å². The largest absolute Gasteiger partial charge is 0.349 e. The first-order valence-electron chi connectivity index (χ1n) is 7.87. The highest BCUT2D eigenvalue weighted by Gasteiger charge is 2.41. The maximum Gasteiger partial charge on any atom is 0.277 e. The molecule has 0 spiro atoms. The summed E-state index contributed by atoms with van der Waals surface area (Å²) < 4.78 is 1.23. The normalized spacial score (nSPS) is 16.2. The Bertz CT molecular complexity index is 789. The molecule has 1 aromatic heterocycles. The maximum atomic E-state index is 12.3. The number of carbonyl (C=O) groups excluding carboxylic acids is 1. The Morgan fingerprint density at radius 3 is 2.79 bits per heavy atom. The van der Waals surface area contributed by atoms with Crippen LogP contribution in [0.2, 0.25) is 0 Å². The molecule has 0 bridgehead atoms. The molecule has 1 atom stereocenters. The van der Waals surface area contributed by atoms with Crippen molar-refractivity contribution in [3.05, 3.63) is 34.6 Å². The number of hydrogen-bond acceptors (Lipinski definition) is 5. The van der Waals surface area contributed by atoms with Gasteiger partial charge in [0.05, 0.1) is 17.5 Å². The van der Waals surface area contributed by atoms with Crippen molar-refractivity contribution in [2.45, 2.75) is 38.3 Å². The average Bonchev–Trinajstić information content (AvgIpc) is 3.40. The first-order valence-corrected chi connectivity index (χ1v) is 7.87. The summed E-state index contributed by atoms with van der Waals surface area (Å²) in [6, 6.07) is 7.04. The zero-order valence-corrected chi connectivity index (χ0v) is 14.4. The first kappa shape index (κ1) is 18.4. The molecule has 3 rings (SSSR count). The van der Waals surface area contributed by atoms with Gasteiger partial charge in [-0.15, -0.1) is 17.5 Å². The van der Waals surface area contributed by atoms with Crippen LogP contribution in [-0.2, 0) is 11.3 Å². The molecule has 1 aliphatic rings. The lowest BCUT2D eigenvalue weighted by Crippen LogP contribution is -2.53. The molecule has 1 saturated carbocycles. The Morgan fingerprint density at radius 1 is 1.42 bits per heavy atom. The summed E-state index contributed by atoms with van der Waals surface area (Å²) >= 11 is 0. The standard InChI is InChI=1S/C16H21N5O2.ClH/c1-16(10-17,11-6-7-11)18-14(22)8-9-21-15(23)12-4-2-3-5-13(12)19-20-21;/h2-5,11H,6-10,17H2,1H3,(H,18,22);1H. The van der Waals surface area contributed by atoms with Gasteiger partial charge in [0.1, 0.15) is 5.52 Å². The average molecular weight is 352 g/mol. The second-order valence-corrected chi connectivity index (χ2v) is 6.33. The van der Waals surface area contributed by atoms with Crippen LogP contribution in [0.5, 0.6) is 0 Å². The molecule has 8 heteroatoms. The number of benzene rings is 1. The molecule has 0 aliphatic heterocycles. The van der Waals surface area contributed by atoms with Gasteiger partial charge in [-0.1, -0.05) is 17.3 Å². The van der Waals surface area contributed by atoms with Gasteiger partial charge < -0.3 is 11.1 Å². The summed E-state index contributed by atoms with van der Waals surface area (Å²) in [6.45, 7) is 2.59. The summed E-state index contributed by atoms with van der Waals surface area (Å²) in [4.78, 5) is 24.5. The molecule has 1 unspecified atom stereocenters. The van der Waals surface area contributed by atoms with Crippen LogP contribution < -0.4 is 16.6 Å². The molecule has 1 aliphatic carbocycles. The summed E-state index contributed by atoms with van der Waals surface area (Å²) in [5.41, 5.74) is 5.78. The van der Waals surface area contributed by atoms with Crippen molar-refractivity contribution in [1.29, 1.82) is 0 Å². The third-order valence-corrected chi connectivity index (χ3v) is 4.51. The first-order chi connectivity index (χ1) is 11.0. The highest BCUT2D eigenvalue weighted by atomic mass is 35.5. The molecule has 1 amide bonds. The van der Waals surface area contributed by atoms with Crippen LogP contribution in [-0.4, -0.2) is 33.0 Å². The van der Waals surface area contributed by atoms with Crippen LogP contribution in [0.15, 0.2) is 29.1 Å². The topological polar surface area (TPSA) is 103 Å². The van der Waals surface area contributed by atoms with E-state index in [0.717, 1.165) is 12.8 Å². The highest BCUT2D eigenvalue weighted by molar-refractivity contribution is 5.85. The zero-order valence-electron chi connectivity index (χ0n) is 13.6. The van der Waals surface area contributed by atoms with Crippen molar-refractivity contribution >= 4 is 29.2 Å². The molecule has 0 radical (unpaired) electrons. The van der Waals surface area contributed by atoms with Crippen molar-refractivity contribution in [2.75, 3.05) is 6.54 Å². The molecule has 1 heterocycles. The molecule has 3 N–H and O–H groups in total. The van der Waals surface area contributed by atoms with Gasteiger partial charge in [0.2, 0.25) is 5.91 Å². The van der Waals surface area contributed by atoms with Gasteiger partial charge in [-0.05, 0) is 37.8 Å². The Kier molecular flexibility index (Phi) is 5.56. The minimum Gasteiger partial charge on any atom is -0.349 e. The van der Waals surface area contributed by atoms with Crippen molar-refractivity contribution in [1.82, 2.24) is 20.3 Å². The van der Waals surface area contributed by atoms with Crippen molar-refractivity contribution in [3.63, 3.8) is 0 Å². The molecular weight excluding hydrogens is 330 g/mol. The third-order valence-electron chi connectivity index (χ3n) is 4.51. The van der Waals surface area contributed by atoms with Gasteiger partial charge in [-0.2, -0.15) is 0 Å². The van der Waals surface area contributed by atoms with Gasteiger partial charge in [0.25, 0.3) is 5.56 Å². The second-order valence-electron chi connectivity index (χ2n) is 6.33. The number of nitrogens with zero attached hydrogens (tertiary/aromatic N) is 3. The van der Waals surface area contributed by atoms with E-state index in [1.807, 2.05) is 6.92 Å². The van der Waals surface area contributed by atoms with Crippen LogP contribution in [0.4, 0.5) is 0 Å². The quantitative estimate of drug-likeness (QED) is 0.803. The smallest absolute Gasteiger partial charge is 0.277 e. The number of fused-ring (bicyclic) bond motifs is 1. The van der Waals surface area contributed by atoms with Crippen LogP contribution in [0, 0.1) is 5.92 Å².